The van der Waals surface area contributed by atoms with E-state index >= 15 is 4.39 Å². The number of fused-ring (bicyclic) bond motifs is 2. The molecule has 0 bridgehead atoms. The van der Waals surface area contributed by atoms with Crippen molar-refractivity contribution in [3.05, 3.63) is 137 Å². The van der Waals surface area contributed by atoms with Crippen molar-refractivity contribution in [1.29, 1.82) is 0 Å². The van der Waals surface area contributed by atoms with E-state index in [4.69, 9.17) is 4.74 Å². The second kappa shape index (κ2) is 11.2. The minimum Gasteiger partial charge on any atom is -0.435 e. The number of carbonyl (C=O) groups excluding carboxylic acids is 1. The lowest BCUT2D eigenvalue weighted by Gasteiger charge is -2.15. The molecule has 0 atom stereocenters. The van der Waals surface area contributed by atoms with Crippen LogP contribution in [-0.4, -0.2) is 25.4 Å². The molecular weight excluding hydrogens is 569 g/mol. The molecule has 0 unspecified atom stereocenters. The lowest BCUT2D eigenvalue weighted by Crippen LogP contribution is -2.26. The number of aromatic amines is 1. The molecule has 0 aliphatic heterocycles. The van der Waals surface area contributed by atoms with Crippen LogP contribution in [0.15, 0.2) is 114 Å². The molecule has 0 spiro atoms. The lowest BCUT2D eigenvalue weighted by molar-refractivity contribution is 0.102. The molecule has 7 aromatic rings. The summed E-state index contributed by atoms with van der Waals surface area (Å²) in [4.78, 5) is 38.8. The number of nitrogens with zero attached hydrogens (tertiary/aromatic N) is 3. The predicted octanol–water partition coefficient (Wildman–Crippen LogP) is 7.64. The maximum Gasteiger partial charge on any atom is 0.261 e. The van der Waals surface area contributed by atoms with Gasteiger partial charge in [0.1, 0.15) is 17.5 Å². The van der Waals surface area contributed by atoms with Crippen LogP contribution in [0.2, 0.25) is 0 Å². The van der Waals surface area contributed by atoms with Gasteiger partial charge in [-0.05, 0) is 47.9 Å². The predicted molar refractivity (Wildman–Crippen MR) is 173 cm³/mol. The van der Waals surface area contributed by atoms with Crippen molar-refractivity contribution >= 4 is 33.5 Å². The van der Waals surface area contributed by atoms with Crippen LogP contribution in [0, 0.1) is 12.7 Å². The van der Waals surface area contributed by atoms with Gasteiger partial charge in [0.25, 0.3) is 5.91 Å². The van der Waals surface area contributed by atoms with Gasteiger partial charge in [-0.15, -0.1) is 0 Å². The average Bonchev–Trinajstić information content (AvgIpc) is 3.51. The monoisotopic (exact) mass is 595 g/mol. The third-order valence-electron chi connectivity index (χ3n) is 7.94. The molecule has 0 saturated carbocycles. The maximum absolute atomic E-state index is 15.4. The van der Waals surface area contributed by atoms with Gasteiger partial charge in [-0.1, -0.05) is 66.7 Å². The smallest absolute Gasteiger partial charge is 0.261 e. The van der Waals surface area contributed by atoms with Crippen LogP contribution in [-0.2, 0) is 7.05 Å². The Hall–Kier alpha value is -6.09. The third kappa shape index (κ3) is 5.00. The SMILES string of the molecule is Cc1c(C(=O)Nc2ccc(Oc3ncnc4[nH]cc(-c5ccccc5)c34)c(F)c2)c(=O)c2cc(-c3ccccc3)ccc2n1C. The van der Waals surface area contributed by atoms with E-state index in [0.29, 0.717) is 27.6 Å². The summed E-state index contributed by atoms with van der Waals surface area (Å²) < 4.78 is 23.1. The largest absolute Gasteiger partial charge is 0.435 e. The Bertz CT molecular complexity index is 2300. The first-order valence-electron chi connectivity index (χ1n) is 14.2. The third-order valence-corrected chi connectivity index (χ3v) is 7.94. The molecule has 8 nitrogen and oxygen atoms in total. The molecule has 220 valence electrons. The molecule has 0 saturated heterocycles. The van der Waals surface area contributed by atoms with Gasteiger partial charge in [0.2, 0.25) is 11.3 Å². The molecule has 1 amide bonds. The van der Waals surface area contributed by atoms with Gasteiger partial charge in [0.05, 0.1) is 10.9 Å². The van der Waals surface area contributed by atoms with E-state index in [2.05, 4.69) is 20.3 Å². The second-order valence-corrected chi connectivity index (χ2v) is 10.6. The molecule has 0 aliphatic rings. The van der Waals surface area contributed by atoms with Crippen molar-refractivity contribution in [2.24, 2.45) is 7.05 Å². The number of ether oxygens (including phenoxy) is 1. The standard InChI is InChI=1S/C36H26FN5O3/c1-21-31(33(43)26-17-24(13-15-29(26)42(21)2)22-9-5-3-6-10-22)35(44)41-25-14-16-30(28(37)18-25)45-36-32-27(23-11-7-4-8-12-23)19-38-34(32)39-20-40-36/h3-20H,1-2H3,(H,41,44)(H,38,39,40). The number of H-pyrrole nitrogens is 1. The highest BCUT2D eigenvalue weighted by Gasteiger charge is 2.21. The minimum absolute atomic E-state index is 0.0137. The summed E-state index contributed by atoms with van der Waals surface area (Å²) in [5.41, 5.74) is 5.07. The summed E-state index contributed by atoms with van der Waals surface area (Å²) >= 11 is 0. The van der Waals surface area contributed by atoms with Crippen LogP contribution in [0.25, 0.3) is 44.2 Å². The van der Waals surface area contributed by atoms with E-state index in [1.165, 1.54) is 18.5 Å². The fourth-order valence-electron chi connectivity index (χ4n) is 5.55. The van der Waals surface area contributed by atoms with Crippen molar-refractivity contribution in [3.8, 4) is 33.9 Å². The van der Waals surface area contributed by atoms with Crippen LogP contribution in [0.3, 0.4) is 0 Å². The number of aryl methyl sites for hydroxylation is 1. The number of hydrogen-bond donors (Lipinski definition) is 2. The van der Waals surface area contributed by atoms with E-state index in [-0.39, 0.29) is 22.9 Å². The van der Waals surface area contributed by atoms with Crippen molar-refractivity contribution in [2.45, 2.75) is 6.92 Å². The molecule has 3 heterocycles. The van der Waals surface area contributed by atoms with Crippen molar-refractivity contribution in [1.82, 2.24) is 19.5 Å². The van der Waals surface area contributed by atoms with Crippen LogP contribution in [0.1, 0.15) is 16.1 Å². The Morgan fingerprint density at radius 1 is 0.889 bits per heavy atom. The van der Waals surface area contributed by atoms with Crippen LogP contribution in [0.5, 0.6) is 11.6 Å². The van der Waals surface area contributed by atoms with Gasteiger partial charge in [-0.2, -0.15) is 0 Å². The number of halogens is 1. The molecule has 0 fully saturated rings. The molecule has 7 rings (SSSR count). The highest BCUT2D eigenvalue weighted by Crippen LogP contribution is 2.36. The number of carbonyl (C=O) groups is 1. The summed E-state index contributed by atoms with van der Waals surface area (Å²) in [5, 5.41) is 3.71. The van der Waals surface area contributed by atoms with Gasteiger partial charge in [-0.25, -0.2) is 14.4 Å². The van der Waals surface area contributed by atoms with E-state index in [9.17, 15) is 9.59 Å². The quantitative estimate of drug-likeness (QED) is 0.206. The molecule has 45 heavy (non-hydrogen) atoms. The number of amides is 1. The van der Waals surface area contributed by atoms with Crippen LogP contribution < -0.4 is 15.5 Å². The zero-order valence-corrected chi connectivity index (χ0v) is 24.3. The van der Waals surface area contributed by atoms with Gasteiger partial charge in [-0.3, -0.25) is 9.59 Å². The topological polar surface area (TPSA) is 102 Å². The number of anilines is 1. The Balaban J connectivity index is 1.19. The Morgan fingerprint density at radius 2 is 1.62 bits per heavy atom. The van der Waals surface area contributed by atoms with Crippen molar-refractivity contribution in [2.75, 3.05) is 5.32 Å². The summed E-state index contributed by atoms with van der Waals surface area (Å²) in [6.07, 6.45) is 3.14. The minimum atomic E-state index is -0.716. The molecule has 2 N–H and O–H groups in total. The molecule has 9 heteroatoms. The molecular formula is C36H26FN5O3. The van der Waals surface area contributed by atoms with Crippen LogP contribution >= 0.6 is 0 Å². The summed E-state index contributed by atoms with van der Waals surface area (Å²) in [6, 6.07) is 29.1. The van der Waals surface area contributed by atoms with Gasteiger partial charge in [0.15, 0.2) is 11.6 Å². The molecule has 4 aromatic carbocycles. The summed E-state index contributed by atoms with van der Waals surface area (Å²) in [7, 11) is 1.81. The first-order valence-corrected chi connectivity index (χ1v) is 14.2. The van der Waals surface area contributed by atoms with Gasteiger partial charge < -0.3 is 19.6 Å². The van der Waals surface area contributed by atoms with E-state index in [1.807, 2.05) is 77.4 Å². The Morgan fingerprint density at radius 3 is 2.36 bits per heavy atom. The Labute approximate surface area is 256 Å². The number of aromatic nitrogens is 4. The van der Waals surface area contributed by atoms with Crippen molar-refractivity contribution < 1.29 is 13.9 Å². The Kier molecular flexibility index (Phi) is 6.90. The maximum atomic E-state index is 15.4. The van der Waals surface area contributed by atoms with E-state index in [1.54, 1.807) is 26.2 Å². The number of hydrogen-bond acceptors (Lipinski definition) is 5. The van der Waals surface area contributed by atoms with E-state index < -0.39 is 17.2 Å². The number of benzene rings is 4. The highest BCUT2D eigenvalue weighted by atomic mass is 19.1. The normalized spacial score (nSPS) is 11.2. The average molecular weight is 596 g/mol. The number of pyridine rings is 1. The highest BCUT2D eigenvalue weighted by molar-refractivity contribution is 6.07. The molecule has 0 radical (unpaired) electrons. The zero-order chi connectivity index (χ0) is 31.1. The molecule has 0 aliphatic carbocycles. The van der Waals surface area contributed by atoms with Crippen molar-refractivity contribution in [3.63, 3.8) is 0 Å². The van der Waals surface area contributed by atoms with Crippen LogP contribution in [0.4, 0.5) is 10.1 Å². The fraction of sp³-hybridized carbons (Fsp3) is 0.0556. The summed E-state index contributed by atoms with van der Waals surface area (Å²) in [6.45, 7) is 1.71. The first-order chi connectivity index (χ1) is 21.9. The van der Waals surface area contributed by atoms with Gasteiger partial charge >= 0.3 is 0 Å². The lowest BCUT2D eigenvalue weighted by atomic mass is 10.0. The summed E-state index contributed by atoms with van der Waals surface area (Å²) in [5.74, 6) is -1.25. The second-order valence-electron chi connectivity index (χ2n) is 10.6. The number of rotatable bonds is 6. The fourth-order valence-corrected chi connectivity index (χ4v) is 5.55. The van der Waals surface area contributed by atoms with Gasteiger partial charge in [0, 0.05) is 41.6 Å². The molecule has 3 aromatic heterocycles. The van der Waals surface area contributed by atoms with E-state index in [0.717, 1.165) is 28.3 Å². The number of nitrogens with one attached hydrogen (secondary N) is 2. The zero-order valence-electron chi connectivity index (χ0n) is 24.3. The first kappa shape index (κ1) is 27.7.